The van der Waals surface area contributed by atoms with E-state index < -0.39 is 11.6 Å². The third-order valence-electron chi connectivity index (χ3n) is 1.73. The fraction of sp³-hybridized carbons (Fsp3) is 0.417. The van der Waals surface area contributed by atoms with E-state index in [9.17, 15) is 9.59 Å². The van der Waals surface area contributed by atoms with Gasteiger partial charge in [0.1, 0.15) is 11.3 Å². The van der Waals surface area contributed by atoms with E-state index in [4.69, 9.17) is 9.84 Å². The molecule has 6 heteroatoms. The quantitative estimate of drug-likeness (QED) is 0.667. The summed E-state index contributed by atoms with van der Waals surface area (Å²) < 4.78 is 5.15. The lowest BCUT2D eigenvalue weighted by Crippen LogP contribution is -2.24. The van der Waals surface area contributed by atoms with Crippen molar-refractivity contribution < 1.29 is 19.4 Å². The molecular formula is C12H15NO4S. The van der Waals surface area contributed by atoms with Crippen LogP contribution in [0, 0.1) is 0 Å². The van der Waals surface area contributed by atoms with Crippen molar-refractivity contribution in [2.45, 2.75) is 31.3 Å². The fourth-order valence-corrected chi connectivity index (χ4v) is 1.83. The zero-order chi connectivity index (χ0) is 13.8. The Morgan fingerprint density at radius 1 is 1.44 bits per heavy atom. The van der Waals surface area contributed by atoms with E-state index in [2.05, 4.69) is 4.98 Å². The summed E-state index contributed by atoms with van der Waals surface area (Å²) in [6.07, 6.45) is 1.40. The normalized spacial score (nSPS) is 11.1. The Balaban J connectivity index is 2.56. The van der Waals surface area contributed by atoms with Crippen molar-refractivity contribution in [1.82, 2.24) is 4.98 Å². The first-order chi connectivity index (χ1) is 8.28. The maximum absolute atomic E-state index is 11.5. The zero-order valence-electron chi connectivity index (χ0n) is 10.5. The third-order valence-corrected chi connectivity index (χ3v) is 2.69. The van der Waals surface area contributed by atoms with E-state index >= 15 is 0 Å². The van der Waals surface area contributed by atoms with Gasteiger partial charge in [-0.25, -0.2) is 9.78 Å². The van der Waals surface area contributed by atoms with Gasteiger partial charge in [-0.15, -0.1) is 11.8 Å². The lowest BCUT2D eigenvalue weighted by atomic mass is 10.2. The minimum atomic E-state index is -1.09. The molecule has 5 nitrogen and oxygen atoms in total. The first-order valence-corrected chi connectivity index (χ1v) is 6.30. The number of ether oxygens (including phenoxy) is 1. The second kappa shape index (κ2) is 5.86. The lowest BCUT2D eigenvalue weighted by Gasteiger charge is -2.19. The molecule has 0 fully saturated rings. The standard InChI is InChI=1S/C12H15NO4S/c1-12(2,3)17-10(14)7-18-8-4-5-13-9(6-8)11(15)16/h4-6H,7H2,1-3H3,(H,15,16). The summed E-state index contributed by atoms with van der Waals surface area (Å²) in [5.74, 6) is -1.28. The van der Waals surface area contributed by atoms with Crippen LogP contribution < -0.4 is 0 Å². The number of aromatic carboxylic acids is 1. The second-order valence-electron chi connectivity index (χ2n) is 4.56. The van der Waals surface area contributed by atoms with E-state index in [1.807, 2.05) is 0 Å². The number of pyridine rings is 1. The van der Waals surface area contributed by atoms with Crippen molar-refractivity contribution in [1.29, 1.82) is 0 Å². The van der Waals surface area contributed by atoms with E-state index in [0.717, 1.165) is 0 Å². The van der Waals surface area contributed by atoms with Crippen LogP contribution in [-0.2, 0) is 9.53 Å². The highest BCUT2D eigenvalue weighted by Gasteiger charge is 2.16. The van der Waals surface area contributed by atoms with Crippen LogP contribution in [0.3, 0.4) is 0 Å². The van der Waals surface area contributed by atoms with Gasteiger partial charge in [-0.05, 0) is 32.9 Å². The van der Waals surface area contributed by atoms with Crippen LogP contribution in [0.4, 0.5) is 0 Å². The Bertz CT molecular complexity index is 454. The van der Waals surface area contributed by atoms with Gasteiger partial charge in [0.2, 0.25) is 0 Å². The molecule has 0 unspecified atom stereocenters. The first kappa shape index (κ1) is 14.5. The number of aromatic nitrogens is 1. The average molecular weight is 269 g/mol. The first-order valence-electron chi connectivity index (χ1n) is 5.32. The van der Waals surface area contributed by atoms with E-state index in [1.165, 1.54) is 24.0 Å². The van der Waals surface area contributed by atoms with E-state index in [0.29, 0.717) is 4.90 Å². The van der Waals surface area contributed by atoms with Gasteiger partial charge in [0.15, 0.2) is 0 Å². The molecule has 0 saturated heterocycles. The van der Waals surface area contributed by atoms with Crippen LogP contribution in [0.25, 0.3) is 0 Å². The zero-order valence-corrected chi connectivity index (χ0v) is 11.3. The number of esters is 1. The molecule has 0 radical (unpaired) electrons. The number of hydrogen-bond donors (Lipinski definition) is 1. The molecule has 18 heavy (non-hydrogen) atoms. The number of carboxylic acids is 1. The van der Waals surface area contributed by atoms with Gasteiger partial charge >= 0.3 is 11.9 Å². The van der Waals surface area contributed by atoms with Crippen LogP contribution in [0.5, 0.6) is 0 Å². The second-order valence-corrected chi connectivity index (χ2v) is 5.61. The molecule has 0 spiro atoms. The molecule has 0 aromatic carbocycles. The molecule has 0 aliphatic rings. The summed E-state index contributed by atoms with van der Waals surface area (Å²) in [5.41, 5.74) is -0.550. The Morgan fingerprint density at radius 2 is 2.11 bits per heavy atom. The van der Waals surface area contributed by atoms with Crippen LogP contribution in [0.15, 0.2) is 23.2 Å². The Hall–Kier alpha value is -1.56. The van der Waals surface area contributed by atoms with Gasteiger partial charge in [-0.3, -0.25) is 4.79 Å². The summed E-state index contributed by atoms with van der Waals surface area (Å²) in [7, 11) is 0. The molecular weight excluding hydrogens is 254 g/mol. The molecule has 0 atom stereocenters. The Morgan fingerprint density at radius 3 is 2.67 bits per heavy atom. The molecule has 0 aliphatic heterocycles. The number of carboxylic acid groups (broad SMARTS) is 1. The number of nitrogens with zero attached hydrogens (tertiary/aromatic N) is 1. The highest BCUT2D eigenvalue weighted by Crippen LogP contribution is 2.19. The smallest absolute Gasteiger partial charge is 0.354 e. The summed E-state index contributed by atoms with van der Waals surface area (Å²) in [6, 6.07) is 3.08. The minimum absolute atomic E-state index is 0.0378. The van der Waals surface area contributed by atoms with Crippen molar-refractivity contribution in [2.24, 2.45) is 0 Å². The third kappa shape index (κ3) is 5.18. The maximum atomic E-state index is 11.5. The summed E-state index contributed by atoms with van der Waals surface area (Å²) in [6.45, 7) is 5.39. The molecule has 1 aromatic heterocycles. The highest BCUT2D eigenvalue weighted by atomic mass is 32.2. The van der Waals surface area contributed by atoms with Crippen molar-refractivity contribution in [2.75, 3.05) is 5.75 Å². The SMILES string of the molecule is CC(C)(C)OC(=O)CSc1ccnc(C(=O)O)c1. The van der Waals surface area contributed by atoms with Gasteiger partial charge in [0, 0.05) is 11.1 Å². The number of rotatable bonds is 4. The fourth-order valence-electron chi connectivity index (χ4n) is 1.13. The van der Waals surface area contributed by atoms with Crippen molar-refractivity contribution >= 4 is 23.7 Å². The number of thioether (sulfide) groups is 1. The summed E-state index contributed by atoms with van der Waals surface area (Å²) >= 11 is 1.22. The van der Waals surface area contributed by atoms with Crippen molar-refractivity contribution in [3.05, 3.63) is 24.0 Å². The Labute approximate surface area is 110 Å². The Kier molecular flexibility index (Phi) is 4.72. The molecule has 1 N–H and O–H groups in total. The predicted molar refractivity (Wildman–Crippen MR) is 67.8 cm³/mol. The highest BCUT2D eigenvalue weighted by molar-refractivity contribution is 8.00. The van der Waals surface area contributed by atoms with Gasteiger partial charge in [0.05, 0.1) is 5.75 Å². The average Bonchev–Trinajstić information content (AvgIpc) is 2.24. The summed E-state index contributed by atoms with van der Waals surface area (Å²) in [5, 5.41) is 8.78. The maximum Gasteiger partial charge on any atom is 0.354 e. The largest absolute Gasteiger partial charge is 0.477 e. The van der Waals surface area contributed by atoms with Gasteiger partial charge in [0.25, 0.3) is 0 Å². The molecule has 0 bridgehead atoms. The molecule has 1 aromatic rings. The van der Waals surface area contributed by atoms with Gasteiger partial charge in [-0.1, -0.05) is 0 Å². The van der Waals surface area contributed by atoms with Gasteiger partial charge < -0.3 is 9.84 Å². The van der Waals surface area contributed by atoms with Crippen LogP contribution >= 0.6 is 11.8 Å². The molecule has 0 aliphatic carbocycles. The number of carbonyl (C=O) groups excluding carboxylic acids is 1. The van der Waals surface area contributed by atoms with Crippen molar-refractivity contribution in [3.8, 4) is 0 Å². The molecule has 98 valence electrons. The molecule has 1 rings (SSSR count). The molecule has 0 amide bonds. The van der Waals surface area contributed by atoms with Crippen LogP contribution in [0.1, 0.15) is 31.3 Å². The number of hydrogen-bond acceptors (Lipinski definition) is 5. The monoisotopic (exact) mass is 269 g/mol. The van der Waals surface area contributed by atoms with E-state index in [1.54, 1.807) is 26.8 Å². The van der Waals surface area contributed by atoms with Gasteiger partial charge in [-0.2, -0.15) is 0 Å². The topological polar surface area (TPSA) is 76.5 Å². The minimum Gasteiger partial charge on any atom is -0.477 e. The molecule has 1 heterocycles. The van der Waals surface area contributed by atoms with Crippen LogP contribution in [0.2, 0.25) is 0 Å². The molecule has 0 saturated carbocycles. The number of carbonyl (C=O) groups is 2. The summed E-state index contributed by atoms with van der Waals surface area (Å²) in [4.78, 5) is 26.6. The lowest BCUT2D eigenvalue weighted by molar-refractivity contribution is -0.151. The van der Waals surface area contributed by atoms with Crippen molar-refractivity contribution in [3.63, 3.8) is 0 Å². The van der Waals surface area contributed by atoms with E-state index in [-0.39, 0.29) is 17.4 Å². The van der Waals surface area contributed by atoms with Crippen LogP contribution in [-0.4, -0.2) is 33.4 Å². The predicted octanol–water partition coefficient (Wildman–Crippen LogP) is 2.21.